The monoisotopic (exact) mass is 326 g/mol. The Kier molecular flexibility index (Phi) is 4.69. The highest BCUT2D eigenvalue weighted by molar-refractivity contribution is 5.44. The van der Waals surface area contributed by atoms with E-state index >= 15 is 0 Å². The van der Waals surface area contributed by atoms with E-state index < -0.39 is 0 Å². The third kappa shape index (κ3) is 3.83. The highest BCUT2D eigenvalue weighted by Crippen LogP contribution is 2.23. The quantitative estimate of drug-likeness (QED) is 0.870. The van der Waals surface area contributed by atoms with Crippen LogP contribution in [-0.2, 0) is 12.0 Å². The molecule has 1 aliphatic heterocycles. The lowest BCUT2D eigenvalue weighted by molar-refractivity contribution is 0.350. The first-order chi connectivity index (χ1) is 11.4. The van der Waals surface area contributed by atoms with Gasteiger partial charge in [-0.3, -0.25) is 14.3 Å². The van der Waals surface area contributed by atoms with Crippen LogP contribution < -0.4 is 10.5 Å². The van der Waals surface area contributed by atoms with Crippen LogP contribution in [-0.4, -0.2) is 27.6 Å². The second-order valence-electron chi connectivity index (χ2n) is 7.65. The lowest BCUT2D eigenvalue weighted by Crippen LogP contribution is -2.36. The van der Waals surface area contributed by atoms with Crippen molar-refractivity contribution in [3.63, 3.8) is 0 Å². The normalized spacial score (nSPS) is 16.4. The Bertz CT molecular complexity index is 725. The molecule has 0 aromatic carbocycles. The molecule has 0 radical (unpaired) electrons. The first-order valence-electron chi connectivity index (χ1n) is 8.65. The number of pyridine rings is 1. The number of rotatable bonds is 3. The Balaban J connectivity index is 1.61. The van der Waals surface area contributed by atoms with Crippen LogP contribution in [0.3, 0.4) is 0 Å². The summed E-state index contributed by atoms with van der Waals surface area (Å²) >= 11 is 0. The molecule has 0 bridgehead atoms. The van der Waals surface area contributed by atoms with Crippen LogP contribution in [0, 0.1) is 5.92 Å². The number of piperidine rings is 1. The van der Waals surface area contributed by atoms with Gasteiger partial charge in [0, 0.05) is 49.2 Å². The summed E-state index contributed by atoms with van der Waals surface area (Å²) in [6, 6.07) is 5.80. The van der Waals surface area contributed by atoms with E-state index in [2.05, 4.69) is 47.8 Å². The van der Waals surface area contributed by atoms with Crippen LogP contribution >= 0.6 is 0 Å². The van der Waals surface area contributed by atoms with E-state index in [1.54, 1.807) is 17.0 Å². The lowest BCUT2D eigenvalue weighted by Gasteiger charge is -2.33. The van der Waals surface area contributed by atoms with Crippen molar-refractivity contribution in [3.8, 4) is 0 Å². The van der Waals surface area contributed by atoms with Crippen LogP contribution in [0.4, 0.5) is 5.69 Å². The van der Waals surface area contributed by atoms with Gasteiger partial charge in [-0.25, -0.2) is 4.98 Å². The maximum absolute atomic E-state index is 12.4. The zero-order valence-electron chi connectivity index (χ0n) is 14.8. The molecule has 0 saturated carbocycles. The summed E-state index contributed by atoms with van der Waals surface area (Å²) in [4.78, 5) is 23.3. The lowest BCUT2D eigenvalue weighted by atomic mass is 9.92. The number of hydrogen-bond donors (Lipinski definition) is 0. The molecule has 24 heavy (non-hydrogen) atoms. The van der Waals surface area contributed by atoms with Gasteiger partial charge in [0.1, 0.15) is 0 Å². The number of anilines is 1. The summed E-state index contributed by atoms with van der Waals surface area (Å²) in [6.07, 6.45) is 7.58. The number of nitrogens with zero attached hydrogens (tertiary/aromatic N) is 4. The second kappa shape index (κ2) is 6.75. The largest absolute Gasteiger partial charge is 0.371 e. The Morgan fingerprint density at radius 2 is 1.83 bits per heavy atom. The minimum absolute atomic E-state index is 0.0616. The average molecular weight is 326 g/mol. The van der Waals surface area contributed by atoms with Crippen LogP contribution in [0.25, 0.3) is 0 Å². The second-order valence-corrected chi connectivity index (χ2v) is 7.65. The molecule has 5 nitrogen and oxygen atoms in total. The van der Waals surface area contributed by atoms with Gasteiger partial charge in [-0.2, -0.15) is 0 Å². The van der Waals surface area contributed by atoms with Crippen molar-refractivity contribution in [2.24, 2.45) is 5.92 Å². The van der Waals surface area contributed by atoms with Gasteiger partial charge in [0.05, 0.1) is 12.0 Å². The van der Waals surface area contributed by atoms with E-state index in [-0.39, 0.29) is 11.0 Å². The highest BCUT2D eigenvalue weighted by atomic mass is 16.1. The molecular formula is C19H26N4O. The highest BCUT2D eigenvalue weighted by Gasteiger charge is 2.21. The van der Waals surface area contributed by atoms with Crippen molar-refractivity contribution in [3.05, 3.63) is 53.0 Å². The van der Waals surface area contributed by atoms with Gasteiger partial charge in [-0.1, -0.05) is 20.8 Å². The molecule has 0 atom stereocenters. The molecule has 0 unspecified atom stereocenters. The zero-order chi connectivity index (χ0) is 17.2. The molecule has 0 spiro atoms. The molecule has 1 fully saturated rings. The van der Waals surface area contributed by atoms with E-state index in [4.69, 9.17) is 0 Å². The predicted molar refractivity (Wildman–Crippen MR) is 96.4 cm³/mol. The summed E-state index contributed by atoms with van der Waals surface area (Å²) in [6.45, 7) is 9.05. The molecule has 0 aliphatic carbocycles. The Hall–Kier alpha value is -2.17. The van der Waals surface area contributed by atoms with Crippen LogP contribution in [0.5, 0.6) is 0 Å². The zero-order valence-corrected chi connectivity index (χ0v) is 14.8. The van der Waals surface area contributed by atoms with Crippen LogP contribution in [0.15, 0.2) is 41.7 Å². The third-order valence-corrected chi connectivity index (χ3v) is 4.75. The molecule has 0 amide bonds. The topological polar surface area (TPSA) is 51.0 Å². The van der Waals surface area contributed by atoms with Gasteiger partial charge >= 0.3 is 0 Å². The molecule has 2 aromatic heterocycles. The van der Waals surface area contributed by atoms with E-state index in [0.29, 0.717) is 5.92 Å². The minimum atomic E-state index is -0.0892. The fourth-order valence-corrected chi connectivity index (χ4v) is 3.18. The molecule has 5 heteroatoms. The molecule has 1 saturated heterocycles. The number of hydrogen-bond acceptors (Lipinski definition) is 4. The third-order valence-electron chi connectivity index (χ3n) is 4.75. The predicted octanol–water partition coefficient (Wildman–Crippen LogP) is 2.85. The van der Waals surface area contributed by atoms with Crippen LogP contribution in [0.1, 0.15) is 39.3 Å². The van der Waals surface area contributed by atoms with E-state index in [1.807, 2.05) is 12.4 Å². The Labute approximate surface area is 143 Å². The van der Waals surface area contributed by atoms with Crippen LogP contribution in [0.2, 0.25) is 0 Å². The first kappa shape index (κ1) is 16.7. The molecule has 3 rings (SSSR count). The van der Waals surface area contributed by atoms with Crippen molar-refractivity contribution in [2.45, 2.75) is 45.6 Å². The van der Waals surface area contributed by atoms with Gasteiger partial charge in [0.2, 0.25) is 0 Å². The maximum atomic E-state index is 12.4. The van der Waals surface area contributed by atoms with Crippen molar-refractivity contribution < 1.29 is 0 Å². The first-order valence-corrected chi connectivity index (χ1v) is 8.65. The molecule has 0 N–H and O–H groups in total. The van der Waals surface area contributed by atoms with Gasteiger partial charge in [0.15, 0.2) is 0 Å². The maximum Gasteiger partial charge on any atom is 0.253 e. The molecule has 3 heterocycles. The van der Waals surface area contributed by atoms with Gasteiger partial charge in [-0.15, -0.1) is 0 Å². The Morgan fingerprint density at radius 3 is 2.42 bits per heavy atom. The smallest absolute Gasteiger partial charge is 0.253 e. The van der Waals surface area contributed by atoms with Gasteiger partial charge in [-0.05, 0) is 30.9 Å². The fourth-order valence-electron chi connectivity index (χ4n) is 3.18. The molecule has 1 aliphatic rings. The van der Waals surface area contributed by atoms with Gasteiger partial charge < -0.3 is 4.90 Å². The summed E-state index contributed by atoms with van der Waals surface area (Å²) in [5.74, 6) is 0.531. The summed E-state index contributed by atoms with van der Waals surface area (Å²) in [7, 11) is 0. The van der Waals surface area contributed by atoms with Crippen molar-refractivity contribution in [1.82, 2.24) is 14.5 Å². The Morgan fingerprint density at radius 1 is 1.17 bits per heavy atom. The summed E-state index contributed by atoms with van der Waals surface area (Å²) in [5.41, 5.74) is 2.06. The van der Waals surface area contributed by atoms with E-state index in [1.165, 1.54) is 5.69 Å². The average Bonchev–Trinajstić information content (AvgIpc) is 2.57. The summed E-state index contributed by atoms with van der Waals surface area (Å²) < 4.78 is 1.77. The SMILES string of the molecule is CC(C)(C)c1cc(=O)n(CC2CCN(c3ccncc3)CC2)cn1. The standard InChI is InChI=1S/C19H26N4O/c1-19(2,3)17-12-18(24)23(14-21-17)13-15-6-10-22(11-7-15)16-4-8-20-9-5-16/h4-5,8-9,12,14-15H,6-7,10-11,13H2,1-3H3. The minimum Gasteiger partial charge on any atom is -0.371 e. The fraction of sp³-hybridized carbons (Fsp3) is 0.526. The molecule has 2 aromatic rings. The van der Waals surface area contributed by atoms with Crippen molar-refractivity contribution >= 4 is 5.69 Å². The summed E-state index contributed by atoms with van der Waals surface area (Å²) in [5, 5.41) is 0. The van der Waals surface area contributed by atoms with E-state index in [0.717, 1.165) is 38.2 Å². The van der Waals surface area contributed by atoms with Crippen molar-refractivity contribution in [1.29, 1.82) is 0 Å². The molecule has 128 valence electrons. The van der Waals surface area contributed by atoms with Gasteiger partial charge in [0.25, 0.3) is 5.56 Å². The van der Waals surface area contributed by atoms with E-state index in [9.17, 15) is 4.79 Å². The molecular weight excluding hydrogens is 300 g/mol. The number of aromatic nitrogens is 3. The van der Waals surface area contributed by atoms with Crippen molar-refractivity contribution in [2.75, 3.05) is 18.0 Å².